The molecule has 1 aromatic rings. The molecule has 1 amide bonds. The van der Waals surface area contributed by atoms with Gasteiger partial charge in [-0.2, -0.15) is 0 Å². The molecule has 0 bridgehead atoms. The number of amides is 1. The lowest BCUT2D eigenvalue weighted by atomic mass is 10.1. The zero-order valence-corrected chi connectivity index (χ0v) is 9.00. The van der Waals surface area contributed by atoms with E-state index in [2.05, 4.69) is 4.98 Å². The molecular weight excluding hydrogens is 180 g/mol. The molecule has 2 N–H and O–H groups in total. The monoisotopic (exact) mass is 196 g/mol. The quantitative estimate of drug-likeness (QED) is 0.780. The van der Waals surface area contributed by atoms with Crippen molar-refractivity contribution in [2.75, 3.05) is 7.11 Å². The van der Waals surface area contributed by atoms with Crippen LogP contribution >= 0.6 is 0 Å². The first kappa shape index (κ1) is 12.4. The minimum atomic E-state index is -0.465. The number of ether oxygens (including phenoxy) is 1. The molecule has 0 aliphatic carbocycles. The van der Waals surface area contributed by atoms with Crippen LogP contribution in [0.1, 0.15) is 29.8 Å². The summed E-state index contributed by atoms with van der Waals surface area (Å²) in [6.07, 6.45) is 1.55. The molecule has 1 rings (SSSR count). The maximum Gasteiger partial charge on any atom is 0.249 e. The Morgan fingerprint density at radius 3 is 2.50 bits per heavy atom. The molecule has 0 aromatic carbocycles. The smallest absolute Gasteiger partial charge is 0.249 e. The number of carbonyl (C=O) groups is 1. The number of nitrogens with two attached hydrogens (primary N) is 1. The van der Waals surface area contributed by atoms with Crippen LogP contribution in [-0.4, -0.2) is 18.0 Å². The van der Waals surface area contributed by atoms with Crippen LogP contribution in [0.25, 0.3) is 0 Å². The van der Waals surface area contributed by atoms with Crippen LogP contribution in [0.4, 0.5) is 0 Å². The van der Waals surface area contributed by atoms with Gasteiger partial charge in [-0.1, -0.05) is 13.8 Å². The first-order valence-corrected chi connectivity index (χ1v) is 4.45. The van der Waals surface area contributed by atoms with Crippen LogP contribution in [0.15, 0.2) is 12.3 Å². The van der Waals surface area contributed by atoms with Gasteiger partial charge >= 0.3 is 0 Å². The zero-order chi connectivity index (χ0) is 11.1. The summed E-state index contributed by atoms with van der Waals surface area (Å²) >= 11 is 0. The second kappa shape index (κ2) is 5.96. The Balaban J connectivity index is 0.000000791. The topological polar surface area (TPSA) is 65.2 Å². The molecule has 0 spiro atoms. The number of aryl methyl sites for hydroxylation is 1. The number of nitrogens with zero attached hydrogens (tertiary/aromatic N) is 1. The van der Waals surface area contributed by atoms with Crippen molar-refractivity contribution in [3.8, 4) is 5.88 Å². The van der Waals surface area contributed by atoms with E-state index in [9.17, 15) is 4.79 Å². The zero-order valence-electron chi connectivity index (χ0n) is 9.00. The number of aromatic nitrogens is 1. The van der Waals surface area contributed by atoms with E-state index >= 15 is 0 Å². The molecule has 0 radical (unpaired) electrons. The molecule has 0 saturated carbocycles. The average molecular weight is 196 g/mol. The van der Waals surface area contributed by atoms with E-state index < -0.39 is 5.91 Å². The SMILES string of the molecule is CC.COc1cc(C(N)=O)c(C)cn1. The Morgan fingerprint density at radius 1 is 1.50 bits per heavy atom. The van der Waals surface area contributed by atoms with Crippen LogP contribution in [0.3, 0.4) is 0 Å². The Labute approximate surface area is 84.1 Å². The summed E-state index contributed by atoms with van der Waals surface area (Å²) < 4.78 is 4.84. The first-order valence-electron chi connectivity index (χ1n) is 4.45. The van der Waals surface area contributed by atoms with Crippen molar-refractivity contribution in [2.45, 2.75) is 20.8 Å². The van der Waals surface area contributed by atoms with Crippen molar-refractivity contribution in [3.63, 3.8) is 0 Å². The molecular formula is C10H16N2O2. The Hall–Kier alpha value is -1.58. The van der Waals surface area contributed by atoms with Crippen LogP contribution in [0.5, 0.6) is 5.88 Å². The van der Waals surface area contributed by atoms with Gasteiger partial charge < -0.3 is 10.5 Å². The van der Waals surface area contributed by atoms with Crippen molar-refractivity contribution in [1.29, 1.82) is 0 Å². The fraction of sp³-hybridized carbons (Fsp3) is 0.400. The second-order valence-electron chi connectivity index (χ2n) is 2.41. The van der Waals surface area contributed by atoms with Gasteiger partial charge in [0.05, 0.1) is 7.11 Å². The largest absolute Gasteiger partial charge is 0.481 e. The minimum absolute atomic E-state index is 0.398. The highest BCUT2D eigenvalue weighted by atomic mass is 16.5. The maximum absolute atomic E-state index is 10.8. The van der Waals surface area contributed by atoms with Crippen LogP contribution in [0.2, 0.25) is 0 Å². The number of carbonyl (C=O) groups excluding carboxylic acids is 1. The molecule has 78 valence electrons. The highest BCUT2D eigenvalue weighted by Crippen LogP contribution is 2.12. The lowest BCUT2D eigenvalue weighted by Crippen LogP contribution is -2.13. The van der Waals surface area contributed by atoms with Gasteiger partial charge in [-0.25, -0.2) is 4.98 Å². The molecule has 0 aliphatic heterocycles. The van der Waals surface area contributed by atoms with E-state index in [0.717, 1.165) is 5.56 Å². The summed E-state index contributed by atoms with van der Waals surface area (Å²) in [5.41, 5.74) is 6.32. The van der Waals surface area contributed by atoms with Gasteiger partial charge in [-0.3, -0.25) is 4.79 Å². The highest BCUT2D eigenvalue weighted by Gasteiger charge is 2.06. The average Bonchev–Trinajstić information content (AvgIpc) is 2.21. The molecule has 0 atom stereocenters. The first-order chi connectivity index (χ1) is 6.65. The van der Waals surface area contributed by atoms with Crippen molar-refractivity contribution in [3.05, 3.63) is 23.4 Å². The van der Waals surface area contributed by atoms with E-state index in [1.165, 1.54) is 13.2 Å². The van der Waals surface area contributed by atoms with Gasteiger partial charge in [-0.05, 0) is 12.5 Å². The molecule has 0 unspecified atom stereocenters. The Morgan fingerprint density at radius 2 is 2.07 bits per heavy atom. The molecule has 1 aromatic heterocycles. The minimum Gasteiger partial charge on any atom is -0.481 e. The summed E-state index contributed by atoms with van der Waals surface area (Å²) in [5, 5.41) is 0. The second-order valence-corrected chi connectivity index (χ2v) is 2.41. The van der Waals surface area contributed by atoms with Crippen LogP contribution in [0, 0.1) is 6.92 Å². The number of hydrogen-bond donors (Lipinski definition) is 1. The third-order valence-corrected chi connectivity index (χ3v) is 1.55. The van der Waals surface area contributed by atoms with Gasteiger partial charge in [0.25, 0.3) is 0 Å². The standard InChI is InChI=1S/C8H10N2O2.C2H6/c1-5-4-10-7(12-2)3-6(5)8(9)11;1-2/h3-4H,1-2H3,(H2,9,11);1-2H3. The van der Waals surface area contributed by atoms with E-state index in [1.807, 2.05) is 13.8 Å². The van der Waals surface area contributed by atoms with Crippen molar-refractivity contribution >= 4 is 5.91 Å². The Kier molecular flexibility index (Phi) is 5.29. The van der Waals surface area contributed by atoms with Gasteiger partial charge in [0, 0.05) is 17.8 Å². The van der Waals surface area contributed by atoms with E-state index in [-0.39, 0.29) is 0 Å². The summed E-state index contributed by atoms with van der Waals surface area (Å²) in [6.45, 7) is 5.77. The van der Waals surface area contributed by atoms with Crippen molar-refractivity contribution < 1.29 is 9.53 Å². The van der Waals surface area contributed by atoms with Gasteiger partial charge in [-0.15, -0.1) is 0 Å². The van der Waals surface area contributed by atoms with Gasteiger partial charge in [0.2, 0.25) is 11.8 Å². The summed E-state index contributed by atoms with van der Waals surface area (Å²) in [4.78, 5) is 14.7. The lowest BCUT2D eigenvalue weighted by Gasteiger charge is -2.02. The fourth-order valence-corrected chi connectivity index (χ4v) is 0.882. The number of pyridine rings is 1. The highest BCUT2D eigenvalue weighted by molar-refractivity contribution is 5.94. The Bertz CT molecular complexity index is 311. The molecule has 1 heterocycles. The number of hydrogen-bond acceptors (Lipinski definition) is 3. The normalized spacial score (nSPS) is 8.57. The van der Waals surface area contributed by atoms with E-state index in [4.69, 9.17) is 10.5 Å². The third kappa shape index (κ3) is 3.05. The van der Waals surface area contributed by atoms with Gasteiger partial charge in [0.1, 0.15) is 0 Å². The molecule has 14 heavy (non-hydrogen) atoms. The number of primary amides is 1. The summed E-state index contributed by atoms with van der Waals surface area (Å²) in [7, 11) is 1.49. The maximum atomic E-state index is 10.8. The summed E-state index contributed by atoms with van der Waals surface area (Å²) in [6, 6.07) is 1.53. The molecule has 0 fully saturated rings. The predicted molar refractivity (Wildman–Crippen MR) is 55.4 cm³/mol. The molecule has 4 heteroatoms. The number of methoxy groups -OCH3 is 1. The molecule has 0 saturated heterocycles. The summed E-state index contributed by atoms with van der Waals surface area (Å²) in [5.74, 6) is -0.0670. The van der Waals surface area contributed by atoms with Crippen molar-refractivity contribution in [2.24, 2.45) is 5.73 Å². The van der Waals surface area contributed by atoms with E-state index in [1.54, 1.807) is 13.1 Å². The fourth-order valence-electron chi connectivity index (χ4n) is 0.882. The lowest BCUT2D eigenvalue weighted by molar-refractivity contribution is 0.0999. The predicted octanol–water partition coefficient (Wildman–Crippen LogP) is 1.52. The number of rotatable bonds is 2. The molecule has 4 nitrogen and oxygen atoms in total. The van der Waals surface area contributed by atoms with Crippen molar-refractivity contribution in [1.82, 2.24) is 4.98 Å². The van der Waals surface area contributed by atoms with Crippen LogP contribution in [-0.2, 0) is 0 Å². The van der Waals surface area contributed by atoms with Crippen LogP contribution < -0.4 is 10.5 Å². The molecule has 0 aliphatic rings. The third-order valence-electron chi connectivity index (χ3n) is 1.55. The van der Waals surface area contributed by atoms with Gasteiger partial charge in [0.15, 0.2) is 0 Å². The van der Waals surface area contributed by atoms with E-state index in [0.29, 0.717) is 11.4 Å².